The van der Waals surface area contributed by atoms with Crippen LogP contribution in [0, 0.1) is 5.92 Å². The van der Waals surface area contributed by atoms with Crippen LogP contribution < -0.4 is 20.5 Å². The number of carbonyl (C=O) groups excluding carboxylic acids is 1. The molecule has 7 heteroatoms. The van der Waals surface area contributed by atoms with E-state index in [1.165, 1.54) is 6.42 Å². The Morgan fingerprint density at radius 1 is 1.06 bits per heavy atom. The van der Waals surface area contributed by atoms with Crippen LogP contribution in [-0.2, 0) is 4.79 Å². The van der Waals surface area contributed by atoms with Crippen LogP contribution in [-0.4, -0.2) is 35.4 Å². The number of Topliss-reactive ketones (excluding diaryl/α,β-unsaturated/α-hetero) is 1. The number of carbonyl (C=O) groups is 1. The number of aromatic nitrogens is 2. The number of allylic oxidation sites excluding steroid dienone is 2. The summed E-state index contributed by atoms with van der Waals surface area (Å²) in [4.78, 5) is 36.5. The number of nitrogens with one attached hydrogen (secondary N) is 2. The van der Waals surface area contributed by atoms with Crippen LogP contribution in [0.2, 0.25) is 0 Å². The van der Waals surface area contributed by atoms with Crippen molar-refractivity contribution in [1.29, 1.82) is 0 Å². The van der Waals surface area contributed by atoms with E-state index in [2.05, 4.69) is 29.0 Å². The molecule has 1 fully saturated rings. The summed E-state index contributed by atoms with van der Waals surface area (Å²) in [6.45, 7) is 6.82. The molecule has 7 nitrogen and oxygen atoms in total. The van der Waals surface area contributed by atoms with Gasteiger partial charge in [0.2, 0.25) is 5.95 Å². The van der Waals surface area contributed by atoms with Crippen LogP contribution in [0.3, 0.4) is 0 Å². The predicted octanol–water partition coefficient (Wildman–Crippen LogP) is 4.75. The second-order valence-electron chi connectivity index (χ2n) is 10.0. The highest BCUT2D eigenvalue weighted by Crippen LogP contribution is 2.43. The summed E-state index contributed by atoms with van der Waals surface area (Å²) in [7, 11) is 0. The van der Waals surface area contributed by atoms with Crippen LogP contribution in [0.25, 0.3) is 0 Å². The van der Waals surface area contributed by atoms with Gasteiger partial charge in [-0.1, -0.05) is 26.0 Å². The zero-order chi connectivity index (χ0) is 23.7. The number of ether oxygens (including phenoxy) is 1. The molecule has 1 aliphatic carbocycles. The van der Waals surface area contributed by atoms with Crippen LogP contribution in [0.1, 0.15) is 75.8 Å². The van der Waals surface area contributed by atoms with Crippen LogP contribution in [0.4, 0.5) is 11.8 Å². The summed E-state index contributed by atoms with van der Waals surface area (Å²) >= 11 is 0. The Hall–Kier alpha value is -3.09. The SMILES string of the molecule is CC(C)CCOc1ccc([C@H]2C3=C(CCCC3=O)Nc3nc(N4CCCCC4)[nH]c(=O)c32)cc1. The number of hydrogen-bond donors (Lipinski definition) is 2. The van der Waals surface area contributed by atoms with E-state index in [1.807, 2.05) is 24.3 Å². The Morgan fingerprint density at radius 2 is 1.82 bits per heavy atom. The molecule has 1 saturated heterocycles. The minimum absolute atomic E-state index is 0.112. The minimum Gasteiger partial charge on any atom is -0.494 e. The molecule has 0 amide bonds. The van der Waals surface area contributed by atoms with Gasteiger partial charge in [0, 0.05) is 36.7 Å². The van der Waals surface area contributed by atoms with E-state index in [0.29, 0.717) is 41.8 Å². The van der Waals surface area contributed by atoms with Crippen molar-refractivity contribution in [1.82, 2.24) is 9.97 Å². The standard InChI is InChI=1S/C27H34N4O3/c1-17(2)13-16-34-19-11-9-18(10-12-19)22-23-20(7-6-8-21(23)32)28-25-24(22)26(33)30-27(29-25)31-14-4-3-5-15-31/h9-12,17,22H,3-8,13-16H2,1-2H3,(H2,28,29,30,33)/t22-/m0/s1. The second kappa shape index (κ2) is 9.65. The van der Waals surface area contributed by atoms with Crippen LogP contribution >= 0.6 is 0 Å². The number of benzene rings is 1. The average molecular weight is 463 g/mol. The second-order valence-corrected chi connectivity index (χ2v) is 10.0. The van der Waals surface area contributed by atoms with E-state index in [1.54, 1.807) is 0 Å². The van der Waals surface area contributed by atoms with Gasteiger partial charge in [-0.3, -0.25) is 14.6 Å². The van der Waals surface area contributed by atoms with Crippen molar-refractivity contribution in [3.05, 3.63) is 57.0 Å². The lowest BCUT2D eigenvalue weighted by atomic mass is 9.76. The first-order valence-electron chi connectivity index (χ1n) is 12.7. The number of fused-ring (bicyclic) bond motifs is 1. The first kappa shape index (κ1) is 22.7. The first-order valence-corrected chi connectivity index (χ1v) is 12.7. The Morgan fingerprint density at radius 3 is 2.56 bits per heavy atom. The van der Waals surface area contributed by atoms with E-state index in [-0.39, 0.29) is 11.3 Å². The molecular formula is C27H34N4O3. The maximum atomic E-state index is 13.4. The van der Waals surface area contributed by atoms with Gasteiger partial charge in [0.1, 0.15) is 11.6 Å². The van der Waals surface area contributed by atoms with Gasteiger partial charge in [0.05, 0.1) is 12.2 Å². The zero-order valence-corrected chi connectivity index (χ0v) is 20.2. The molecular weight excluding hydrogens is 428 g/mol. The number of anilines is 2. The molecule has 1 aromatic heterocycles. The quantitative estimate of drug-likeness (QED) is 0.644. The topological polar surface area (TPSA) is 87.3 Å². The molecule has 3 heterocycles. The lowest BCUT2D eigenvalue weighted by Crippen LogP contribution is -2.36. The maximum Gasteiger partial charge on any atom is 0.258 e. The molecule has 180 valence electrons. The lowest BCUT2D eigenvalue weighted by Gasteiger charge is -2.34. The molecule has 0 unspecified atom stereocenters. The fraction of sp³-hybridized carbons (Fsp3) is 0.519. The smallest absolute Gasteiger partial charge is 0.258 e. The lowest BCUT2D eigenvalue weighted by molar-refractivity contribution is -0.116. The molecule has 0 bridgehead atoms. The molecule has 2 aliphatic heterocycles. The van der Waals surface area contributed by atoms with E-state index >= 15 is 0 Å². The van der Waals surface area contributed by atoms with Gasteiger partial charge < -0.3 is 15.0 Å². The number of rotatable bonds is 6. The molecule has 3 aliphatic rings. The van der Waals surface area contributed by atoms with Crippen molar-refractivity contribution in [2.24, 2.45) is 5.92 Å². The van der Waals surface area contributed by atoms with Gasteiger partial charge in [-0.05, 0) is 62.1 Å². The van der Waals surface area contributed by atoms with Gasteiger partial charge in [0.15, 0.2) is 5.78 Å². The zero-order valence-electron chi connectivity index (χ0n) is 20.2. The largest absolute Gasteiger partial charge is 0.494 e. The third kappa shape index (κ3) is 4.48. The van der Waals surface area contributed by atoms with Gasteiger partial charge in [-0.25, -0.2) is 0 Å². The van der Waals surface area contributed by atoms with E-state index in [4.69, 9.17) is 9.72 Å². The summed E-state index contributed by atoms with van der Waals surface area (Å²) in [5.74, 6) is 2.28. The van der Waals surface area contributed by atoms with E-state index in [9.17, 15) is 9.59 Å². The number of nitrogens with zero attached hydrogens (tertiary/aromatic N) is 2. The number of piperidine rings is 1. The van der Waals surface area contributed by atoms with Gasteiger partial charge in [-0.15, -0.1) is 0 Å². The Bertz CT molecular complexity index is 1140. The van der Waals surface area contributed by atoms with Gasteiger partial charge in [-0.2, -0.15) is 4.98 Å². The minimum atomic E-state index is -0.421. The number of H-pyrrole nitrogens is 1. The molecule has 2 N–H and O–H groups in total. The van der Waals surface area contributed by atoms with Crippen molar-refractivity contribution in [3.8, 4) is 5.75 Å². The monoisotopic (exact) mass is 462 g/mol. The summed E-state index contributed by atoms with van der Waals surface area (Å²) in [5.41, 5.74) is 2.90. The van der Waals surface area contributed by atoms with Crippen LogP contribution in [0.5, 0.6) is 5.75 Å². The number of hydrogen-bond acceptors (Lipinski definition) is 6. The summed E-state index contributed by atoms with van der Waals surface area (Å²) in [5, 5.41) is 3.38. The van der Waals surface area contributed by atoms with Crippen molar-refractivity contribution in [3.63, 3.8) is 0 Å². The van der Waals surface area contributed by atoms with E-state index in [0.717, 1.165) is 62.2 Å². The predicted molar refractivity (Wildman–Crippen MR) is 134 cm³/mol. The molecule has 2 aromatic rings. The van der Waals surface area contributed by atoms with Crippen molar-refractivity contribution < 1.29 is 9.53 Å². The Balaban J connectivity index is 1.52. The third-order valence-corrected chi connectivity index (χ3v) is 7.08. The first-order chi connectivity index (χ1) is 16.5. The van der Waals surface area contributed by atoms with Crippen molar-refractivity contribution in [2.75, 3.05) is 29.9 Å². The molecule has 0 spiro atoms. The Labute approximate surface area is 200 Å². The summed E-state index contributed by atoms with van der Waals surface area (Å²) in [6, 6.07) is 7.84. The van der Waals surface area contributed by atoms with Crippen molar-refractivity contribution in [2.45, 2.75) is 64.7 Å². The highest BCUT2D eigenvalue weighted by atomic mass is 16.5. The maximum absolute atomic E-state index is 13.4. The normalized spacial score (nSPS) is 20.1. The van der Waals surface area contributed by atoms with Gasteiger partial charge >= 0.3 is 0 Å². The molecule has 0 saturated carbocycles. The highest BCUT2D eigenvalue weighted by Gasteiger charge is 2.38. The van der Waals surface area contributed by atoms with E-state index < -0.39 is 5.92 Å². The fourth-order valence-corrected chi connectivity index (χ4v) is 5.21. The summed E-state index contributed by atoms with van der Waals surface area (Å²) < 4.78 is 5.89. The number of ketones is 1. The molecule has 5 rings (SSSR count). The third-order valence-electron chi connectivity index (χ3n) is 7.08. The number of aromatic amines is 1. The average Bonchev–Trinajstić information content (AvgIpc) is 2.84. The van der Waals surface area contributed by atoms with Gasteiger partial charge in [0.25, 0.3) is 5.56 Å². The van der Waals surface area contributed by atoms with Crippen LogP contribution in [0.15, 0.2) is 40.3 Å². The highest BCUT2D eigenvalue weighted by molar-refractivity contribution is 6.00. The molecule has 0 radical (unpaired) electrons. The summed E-state index contributed by atoms with van der Waals surface area (Å²) in [6.07, 6.45) is 6.53. The molecule has 1 aromatic carbocycles. The molecule has 1 atom stereocenters. The Kier molecular flexibility index (Phi) is 6.44. The molecule has 34 heavy (non-hydrogen) atoms. The fourth-order valence-electron chi connectivity index (χ4n) is 5.21. The van der Waals surface area contributed by atoms with Crippen molar-refractivity contribution >= 4 is 17.5 Å².